The summed E-state index contributed by atoms with van der Waals surface area (Å²) in [5.74, 6) is -0.943. The maximum absolute atomic E-state index is 12.3. The van der Waals surface area contributed by atoms with Crippen molar-refractivity contribution in [3.63, 3.8) is 0 Å². The molecule has 0 spiro atoms. The molecule has 8 heteroatoms. The molecule has 2 rings (SSSR count). The molecule has 0 aliphatic carbocycles. The van der Waals surface area contributed by atoms with Crippen LogP contribution < -0.4 is 5.32 Å². The summed E-state index contributed by atoms with van der Waals surface area (Å²) in [5, 5.41) is 7.95. The average Bonchev–Trinajstić information content (AvgIpc) is 2.84. The van der Waals surface area contributed by atoms with Gasteiger partial charge in [-0.3, -0.25) is 14.3 Å². The van der Waals surface area contributed by atoms with Crippen LogP contribution in [-0.4, -0.2) is 27.8 Å². The summed E-state index contributed by atoms with van der Waals surface area (Å²) >= 11 is 12.0. The second kappa shape index (κ2) is 8.56. The van der Waals surface area contributed by atoms with Crippen LogP contribution >= 0.6 is 23.2 Å². The highest BCUT2D eigenvalue weighted by molar-refractivity contribution is 6.35. The van der Waals surface area contributed by atoms with Crippen molar-refractivity contribution < 1.29 is 14.3 Å². The third-order valence-electron chi connectivity index (χ3n) is 3.85. The third kappa shape index (κ3) is 5.22. The summed E-state index contributed by atoms with van der Waals surface area (Å²) in [6.45, 7) is 6.95. The normalized spacial score (nSPS) is 13.2. The van der Waals surface area contributed by atoms with Gasteiger partial charge in [0.05, 0.1) is 11.7 Å². The lowest BCUT2D eigenvalue weighted by Gasteiger charge is -2.19. The fourth-order valence-corrected chi connectivity index (χ4v) is 3.08. The predicted molar refractivity (Wildman–Crippen MR) is 100 cm³/mol. The molecule has 2 atom stereocenters. The zero-order valence-corrected chi connectivity index (χ0v) is 16.6. The minimum Gasteiger partial charge on any atom is -0.451 e. The van der Waals surface area contributed by atoms with Gasteiger partial charge in [-0.05, 0) is 51.5 Å². The molecule has 0 radical (unpaired) electrons. The summed E-state index contributed by atoms with van der Waals surface area (Å²) < 4.78 is 6.74. The molecular formula is C18H21Cl2N3O3. The molecule has 0 saturated heterocycles. The molecule has 0 aliphatic rings. The number of ether oxygens (including phenoxy) is 1. The molecule has 2 aromatic rings. The van der Waals surface area contributed by atoms with E-state index in [9.17, 15) is 9.59 Å². The molecule has 2 unspecified atom stereocenters. The van der Waals surface area contributed by atoms with Crippen molar-refractivity contribution in [2.75, 3.05) is 0 Å². The minimum absolute atomic E-state index is 0.0458. The van der Waals surface area contributed by atoms with Gasteiger partial charge in [-0.1, -0.05) is 29.3 Å². The number of aromatic nitrogens is 2. The van der Waals surface area contributed by atoms with Gasteiger partial charge >= 0.3 is 5.97 Å². The van der Waals surface area contributed by atoms with Gasteiger partial charge in [0, 0.05) is 15.7 Å². The van der Waals surface area contributed by atoms with Crippen LogP contribution in [0.1, 0.15) is 36.8 Å². The molecule has 1 aromatic heterocycles. The summed E-state index contributed by atoms with van der Waals surface area (Å²) in [6.07, 6.45) is -0.937. The van der Waals surface area contributed by atoms with Gasteiger partial charge in [0.15, 0.2) is 6.10 Å². The van der Waals surface area contributed by atoms with Crippen LogP contribution in [0.5, 0.6) is 0 Å². The van der Waals surface area contributed by atoms with Crippen molar-refractivity contribution in [2.45, 2.75) is 46.4 Å². The fraction of sp³-hybridized carbons (Fsp3) is 0.389. The highest BCUT2D eigenvalue weighted by atomic mass is 35.5. The van der Waals surface area contributed by atoms with Crippen LogP contribution in [0.4, 0.5) is 0 Å². The van der Waals surface area contributed by atoms with E-state index in [1.54, 1.807) is 29.8 Å². The number of amides is 1. The van der Waals surface area contributed by atoms with Gasteiger partial charge in [0.1, 0.15) is 6.54 Å². The van der Waals surface area contributed by atoms with Crippen LogP contribution in [-0.2, 0) is 20.9 Å². The lowest BCUT2D eigenvalue weighted by Crippen LogP contribution is -2.38. The summed E-state index contributed by atoms with van der Waals surface area (Å²) in [7, 11) is 0. The van der Waals surface area contributed by atoms with Crippen molar-refractivity contribution >= 4 is 35.1 Å². The third-order valence-corrected chi connectivity index (χ3v) is 4.41. The van der Waals surface area contributed by atoms with Gasteiger partial charge in [0.25, 0.3) is 5.91 Å². The first-order valence-corrected chi connectivity index (χ1v) is 8.89. The highest BCUT2D eigenvalue weighted by Gasteiger charge is 2.21. The van der Waals surface area contributed by atoms with Crippen LogP contribution in [0.3, 0.4) is 0 Å². The molecule has 140 valence electrons. The molecule has 6 nitrogen and oxygen atoms in total. The van der Waals surface area contributed by atoms with E-state index in [1.807, 2.05) is 19.9 Å². The molecule has 26 heavy (non-hydrogen) atoms. The Morgan fingerprint density at radius 2 is 1.92 bits per heavy atom. The van der Waals surface area contributed by atoms with Gasteiger partial charge in [0.2, 0.25) is 0 Å². The number of rotatable bonds is 6. The SMILES string of the molecule is Cc1cc(C)n(CC(=O)OC(C)C(=O)NC(C)c2ccc(Cl)cc2Cl)n1. The maximum atomic E-state index is 12.3. The van der Waals surface area contributed by atoms with Gasteiger partial charge in [-0.25, -0.2) is 0 Å². The second-order valence-electron chi connectivity index (χ2n) is 6.11. The van der Waals surface area contributed by atoms with Gasteiger partial charge in [-0.2, -0.15) is 5.10 Å². The van der Waals surface area contributed by atoms with Crippen molar-refractivity contribution in [2.24, 2.45) is 0 Å². The first-order valence-electron chi connectivity index (χ1n) is 8.13. The molecule has 1 heterocycles. The van der Waals surface area contributed by atoms with E-state index in [2.05, 4.69) is 10.4 Å². The number of benzene rings is 1. The van der Waals surface area contributed by atoms with Crippen molar-refractivity contribution in [3.05, 3.63) is 51.3 Å². The lowest BCUT2D eigenvalue weighted by atomic mass is 10.1. The van der Waals surface area contributed by atoms with Crippen LogP contribution in [0.2, 0.25) is 10.0 Å². The number of esters is 1. The predicted octanol–water partition coefficient (Wildman–Crippen LogP) is 3.62. The number of carbonyl (C=O) groups excluding carboxylic acids is 2. The van der Waals surface area contributed by atoms with Crippen molar-refractivity contribution in [3.8, 4) is 0 Å². The number of hydrogen-bond acceptors (Lipinski definition) is 4. The number of nitrogens with zero attached hydrogens (tertiary/aromatic N) is 2. The molecule has 1 N–H and O–H groups in total. The van der Waals surface area contributed by atoms with Crippen LogP contribution in [0.25, 0.3) is 0 Å². The highest BCUT2D eigenvalue weighted by Crippen LogP contribution is 2.26. The van der Waals surface area contributed by atoms with E-state index in [0.29, 0.717) is 10.0 Å². The average molecular weight is 398 g/mol. The fourth-order valence-electron chi connectivity index (χ4n) is 2.51. The van der Waals surface area contributed by atoms with E-state index in [1.165, 1.54) is 6.92 Å². The number of nitrogens with one attached hydrogen (secondary N) is 1. The van der Waals surface area contributed by atoms with Crippen LogP contribution in [0.15, 0.2) is 24.3 Å². The first kappa shape index (κ1) is 20.3. The van der Waals surface area contributed by atoms with Gasteiger partial charge in [-0.15, -0.1) is 0 Å². The van der Waals surface area contributed by atoms with Crippen molar-refractivity contribution in [1.29, 1.82) is 0 Å². The van der Waals surface area contributed by atoms with E-state index >= 15 is 0 Å². The standard InChI is InChI=1S/C18H21Cl2N3O3/c1-10-7-11(2)23(22-10)9-17(24)26-13(4)18(25)21-12(3)15-6-5-14(19)8-16(15)20/h5-8,12-13H,9H2,1-4H3,(H,21,25). The van der Waals surface area contributed by atoms with Crippen LogP contribution in [0, 0.1) is 13.8 Å². The number of hydrogen-bond donors (Lipinski definition) is 1. The molecule has 1 aromatic carbocycles. The smallest absolute Gasteiger partial charge is 0.328 e. The van der Waals surface area contributed by atoms with Gasteiger partial charge < -0.3 is 10.1 Å². The zero-order chi connectivity index (χ0) is 19.4. The van der Waals surface area contributed by atoms with E-state index in [-0.39, 0.29) is 12.6 Å². The maximum Gasteiger partial charge on any atom is 0.328 e. The number of carbonyl (C=O) groups is 2. The quantitative estimate of drug-likeness (QED) is 0.755. The first-order chi connectivity index (χ1) is 12.2. The Kier molecular flexibility index (Phi) is 6.67. The number of halogens is 2. The molecular weight excluding hydrogens is 377 g/mol. The van der Waals surface area contributed by atoms with E-state index < -0.39 is 18.0 Å². The van der Waals surface area contributed by atoms with E-state index in [4.69, 9.17) is 27.9 Å². The Labute approximate surface area is 162 Å². The van der Waals surface area contributed by atoms with E-state index in [0.717, 1.165) is 17.0 Å². The lowest BCUT2D eigenvalue weighted by molar-refractivity contribution is -0.155. The number of aryl methyl sites for hydroxylation is 2. The largest absolute Gasteiger partial charge is 0.451 e. The summed E-state index contributed by atoms with van der Waals surface area (Å²) in [4.78, 5) is 24.3. The molecule has 0 saturated carbocycles. The molecule has 0 fully saturated rings. The van der Waals surface area contributed by atoms with Crippen molar-refractivity contribution in [1.82, 2.24) is 15.1 Å². The molecule has 0 bridgehead atoms. The Bertz CT molecular complexity index is 820. The Morgan fingerprint density at radius 1 is 1.23 bits per heavy atom. The topological polar surface area (TPSA) is 73.2 Å². The Hall–Kier alpha value is -2.05. The second-order valence-corrected chi connectivity index (χ2v) is 6.96. The minimum atomic E-state index is -0.937. The zero-order valence-electron chi connectivity index (χ0n) is 15.0. The Balaban J connectivity index is 1.92. The molecule has 1 amide bonds. The Morgan fingerprint density at radius 3 is 2.50 bits per heavy atom. The monoisotopic (exact) mass is 397 g/mol. The summed E-state index contributed by atoms with van der Waals surface area (Å²) in [6, 6.07) is 6.56. The molecule has 0 aliphatic heterocycles. The summed E-state index contributed by atoms with van der Waals surface area (Å²) in [5.41, 5.74) is 2.39.